The van der Waals surface area contributed by atoms with Crippen LogP contribution in [0.1, 0.15) is 40.5 Å². The number of hydrogen-bond acceptors (Lipinski definition) is 4. The molecule has 0 bridgehead atoms. The molecule has 3 N–H and O–H groups in total. The number of ketones is 1. The van der Waals surface area contributed by atoms with Crippen LogP contribution in [0.25, 0.3) is 0 Å². The van der Waals surface area contributed by atoms with Gasteiger partial charge in [-0.1, -0.05) is 25.5 Å². The molecule has 1 heterocycles. The maximum Gasteiger partial charge on any atom is 0.259 e. The summed E-state index contributed by atoms with van der Waals surface area (Å²) in [6.45, 7) is 7.47. The van der Waals surface area contributed by atoms with Crippen LogP contribution in [-0.2, 0) is 9.59 Å². The molecule has 1 aliphatic rings. The first kappa shape index (κ1) is 17.4. The van der Waals surface area contributed by atoms with Crippen molar-refractivity contribution in [1.29, 1.82) is 0 Å². The van der Waals surface area contributed by atoms with Crippen LogP contribution in [-0.4, -0.2) is 34.6 Å². The van der Waals surface area contributed by atoms with Crippen LogP contribution >= 0.6 is 0 Å². The maximum atomic E-state index is 11.9. The van der Waals surface area contributed by atoms with Gasteiger partial charge in [-0.3, -0.25) is 9.59 Å². The molecule has 0 aromatic rings. The van der Waals surface area contributed by atoms with Crippen molar-refractivity contribution in [3.05, 3.63) is 23.0 Å². The standard InChI is InChI=1S/C16H25NO4/c1-5-9(2)6-10(3)7-11(4)14(19)13-15(20)12(8-18)17-16(13)21/h5,10-12,18-19H,6-8H2,1-4H3,(H,17,21)/b9-5+,14-13+/t10-,11-,12-/m0/s1. The second-order valence-electron chi connectivity index (χ2n) is 5.91. The van der Waals surface area contributed by atoms with Crippen LogP contribution in [0.4, 0.5) is 0 Å². The average Bonchev–Trinajstić information content (AvgIpc) is 2.72. The fourth-order valence-corrected chi connectivity index (χ4v) is 2.67. The molecule has 1 rings (SSSR count). The van der Waals surface area contributed by atoms with Gasteiger partial charge in [0.15, 0.2) is 5.78 Å². The van der Waals surface area contributed by atoms with E-state index in [-0.39, 0.29) is 17.3 Å². The molecule has 0 aromatic carbocycles. The smallest absolute Gasteiger partial charge is 0.259 e. The Balaban J connectivity index is 2.82. The summed E-state index contributed by atoms with van der Waals surface area (Å²) in [6.07, 6.45) is 3.66. The Morgan fingerprint density at radius 3 is 2.48 bits per heavy atom. The average molecular weight is 295 g/mol. The quantitative estimate of drug-likeness (QED) is 0.302. The van der Waals surface area contributed by atoms with Gasteiger partial charge in [0.25, 0.3) is 5.91 Å². The maximum absolute atomic E-state index is 11.9. The van der Waals surface area contributed by atoms with Gasteiger partial charge in [0.1, 0.15) is 17.4 Å². The lowest BCUT2D eigenvalue weighted by atomic mass is 9.89. The molecule has 118 valence electrons. The highest BCUT2D eigenvalue weighted by Gasteiger charge is 2.38. The zero-order valence-electron chi connectivity index (χ0n) is 13.1. The van der Waals surface area contributed by atoms with Gasteiger partial charge in [-0.15, -0.1) is 0 Å². The summed E-state index contributed by atoms with van der Waals surface area (Å²) in [6, 6.07) is -0.926. The summed E-state index contributed by atoms with van der Waals surface area (Å²) in [5.41, 5.74) is 1.08. The molecule has 5 nitrogen and oxygen atoms in total. The molecule has 21 heavy (non-hydrogen) atoms. The molecule has 3 atom stereocenters. The molecule has 0 saturated carbocycles. The highest BCUT2D eigenvalue weighted by Crippen LogP contribution is 2.26. The molecule has 0 aromatic heterocycles. The number of amides is 1. The van der Waals surface area contributed by atoms with E-state index in [0.29, 0.717) is 12.3 Å². The fourth-order valence-electron chi connectivity index (χ4n) is 2.67. The van der Waals surface area contributed by atoms with Gasteiger partial charge >= 0.3 is 0 Å². The topological polar surface area (TPSA) is 86.6 Å². The largest absolute Gasteiger partial charge is 0.511 e. The van der Waals surface area contributed by atoms with Crippen LogP contribution in [0.15, 0.2) is 23.0 Å². The highest BCUT2D eigenvalue weighted by molar-refractivity contribution is 6.26. The van der Waals surface area contributed by atoms with E-state index < -0.39 is 24.3 Å². The summed E-state index contributed by atoms with van der Waals surface area (Å²) in [7, 11) is 0. The van der Waals surface area contributed by atoms with Crippen LogP contribution in [0.3, 0.4) is 0 Å². The number of aliphatic hydroxyl groups is 2. The number of Topliss-reactive ketones (excluding diaryl/α,β-unsaturated/α-hetero) is 1. The predicted molar refractivity (Wildman–Crippen MR) is 80.7 cm³/mol. The summed E-state index contributed by atoms with van der Waals surface area (Å²) >= 11 is 0. The van der Waals surface area contributed by atoms with Crippen molar-refractivity contribution < 1.29 is 19.8 Å². The van der Waals surface area contributed by atoms with Crippen molar-refractivity contribution in [2.24, 2.45) is 11.8 Å². The van der Waals surface area contributed by atoms with E-state index in [2.05, 4.69) is 25.2 Å². The van der Waals surface area contributed by atoms with Crippen molar-refractivity contribution in [3.63, 3.8) is 0 Å². The lowest BCUT2D eigenvalue weighted by Gasteiger charge is -2.18. The van der Waals surface area contributed by atoms with Crippen molar-refractivity contribution in [3.8, 4) is 0 Å². The second-order valence-corrected chi connectivity index (χ2v) is 5.91. The molecule has 0 radical (unpaired) electrons. The van der Waals surface area contributed by atoms with E-state index in [1.165, 1.54) is 5.57 Å². The minimum atomic E-state index is -0.926. The Kier molecular flexibility index (Phi) is 6.15. The molecular formula is C16H25NO4. The number of allylic oxidation sites excluding steroid dienone is 3. The SMILES string of the molecule is C/C=C(\C)C[C@H](C)C[C@H](C)/C(O)=C1\C(=O)N[C@@H](CO)C1=O. The Morgan fingerprint density at radius 1 is 1.38 bits per heavy atom. The Bertz CT molecular complexity index is 479. The fraction of sp³-hybridized carbons (Fsp3) is 0.625. The van der Waals surface area contributed by atoms with E-state index in [4.69, 9.17) is 5.11 Å². The number of rotatable bonds is 6. The molecule has 0 spiro atoms. The minimum Gasteiger partial charge on any atom is -0.511 e. The van der Waals surface area contributed by atoms with E-state index in [0.717, 1.165) is 6.42 Å². The normalized spacial score (nSPS) is 24.8. The zero-order valence-corrected chi connectivity index (χ0v) is 13.1. The van der Waals surface area contributed by atoms with Crippen LogP contribution in [0.2, 0.25) is 0 Å². The van der Waals surface area contributed by atoms with Crippen LogP contribution in [0, 0.1) is 11.8 Å². The monoisotopic (exact) mass is 295 g/mol. The Morgan fingerprint density at radius 2 is 2.00 bits per heavy atom. The minimum absolute atomic E-state index is 0.168. The van der Waals surface area contributed by atoms with Gasteiger partial charge in [0.2, 0.25) is 0 Å². The van der Waals surface area contributed by atoms with Gasteiger partial charge in [-0.2, -0.15) is 0 Å². The lowest BCUT2D eigenvalue weighted by molar-refractivity contribution is -0.117. The molecule has 0 unspecified atom stereocenters. The van der Waals surface area contributed by atoms with E-state index in [9.17, 15) is 14.7 Å². The first-order chi connectivity index (χ1) is 9.81. The van der Waals surface area contributed by atoms with Crippen LogP contribution < -0.4 is 5.32 Å². The molecule has 0 aliphatic carbocycles. The summed E-state index contributed by atoms with van der Waals surface area (Å²) in [5, 5.41) is 21.6. The lowest BCUT2D eigenvalue weighted by Crippen LogP contribution is -2.32. The second kappa shape index (κ2) is 7.41. The Hall–Kier alpha value is -1.62. The Labute approximate surface area is 125 Å². The first-order valence-electron chi connectivity index (χ1n) is 7.32. The number of carbonyl (C=O) groups is 2. The molecule has 1 fully saturated rings. The molecule has 5 heteroatoms. The van der Waals surface area contributed by atoms with E-state index >= 15 is 0 Å². The van der Waals surface area contributed by atoms with Gasteiger partial charge in [0, 0.05) is 5.92 Å². The van der Waals surface area contributed by atoms with Crippen molar-refractivity contribution >= 4 is 11.7 Å². The van der Waals surface area contributed by atoms with Gasteiger partial charge in [-0.25, -0.2) is 0 Å². The molecular weight excluding hydrogens is 270 g/mol. The third kappa shape index (κ3) is 4.17. The third-order valence-electron chi connectivity index (χ3n) is 3.92. The van der Waals surface area contributed by atoms with Crippen molar-refractivity contribution in [2.45, 2.75) is 46.6 Å². The van der Waals surface area contributed by atoms with Gasteiger partial charge in [0.05, 0.1) is 6.61 Å². The van der Waals surface area contributed by atoms with Crippen molar-refractivity contribution in [2.75, 3.05) is 6.61 Å². The first-order valence-corrected chi connectivity index (χ1v) is 7.32. The van der Waals surface area contributed by atoms with Gasteiger partial charge < -0.3 is 15.5 Å². The summed E-state index contributed by atoms with van der Waals surface area (Å²) in [4.78, 5) is 23.7. The third-order valence-corrected chi connectivity index (χ3v) is 3.92. The molecule has 1 amide bonds. The van der Waals surface area contributed by atoms with Gasteiger partial charge in [-0.05, 0) is 32.6 Å². The van der Waals surface area contributed by atoms with E-state index in [1.807, 2.05) is 6.92 Å². The van der Waals surface area contributed by atoms with Crippen molar-refractivity contribution in [1.82, 2.24) is 5.32 Å². The number of hydrogen-bond donors (Lipinski definition) is 3. The summed E-state index contributed by atoms with van der Waals surface area (Å²) in [5.74, 6) is -1.22. The number of carbonyl (C=O) groups excluding carboxylic acids is 2. The molecule has 1 saturated heterocycles. The number of aliphatic hydroxyl groups excluding tert-OH is 2. The van der Waals surface area contributed by atoms with Crippen LogP contribution in [0.5, 0.6) is 0 Å². The van der Waals surface area contributed by atoms with E-state index in [1.54, 1.807) is 6.92 Å². The molecule has 1 aliphatic heterocycles. The summed E-state index contributed by atoms with van der Waals surface area (Å²) < 4.78 is 0. The zero-order chi connectivity index (χ0) is 16.2. The highest BCUT2D eigenvalue weighted by atomic mass is 16.3. The number of nitrogens with one attached hydrogen (secondary N) is 1. The predicted octanol–water partition coefficient (Wildman–Crippen LogP) is 1.88.